The van der Waals surface area contributed by atoms with E-state index in [0.717, 1.165) is 80.5 Å². The molecule has 2 aliphatic carbocycles. The highest BCUT2D eigenvalue weighted by Crippen LogP contribution is 2.59. The number of nitrogens with zero attached hydrogens (tertiary/aromatic N) is 2. The Morgan fingerprint density at radius 2 is 1.41 bits per heavy atom. The van der Waals surface area contributed by atoms with Crippen molar-refractivity contribution in [3.63, 3.8) is 0 Å². The minimum atomic E-state index is -0.123. The monoisotopic (exact) mass is 707 g/mol. The zero-order valence-corrected chi connectivity index (χ0v) is 31.6. The summed E-state index contributed by atoms with van der Waals surface area (Å²) in [6.07, 6.45) is 11.1. The lowest BCUT2D eigenvalue weighted by Gasteiger charge is -2.27. The van der Waals surface area contributed by atoms with Crippen LogP contribution in [0.3, 0.4) is 0 Å². The van der Waals surface area contributed by atoms with Gasteiger partial charge in [0.2, 0.25) is 0 Å². The van der Waals surface area contributed by atoms with Crippen LogP contribution in [-0.2, 0) is 5.41 Å². The Hall–Kier alpha value is -6.33. The number of rotatable bonds is 7. The first-order valence-electron chi connectivity index (χ1n) is 18.6. The molecule has 0 atom stereocenters. The normalized spacial score (nSPS) is 15.2. The number of allylic oxidation sites excluding steroid dienone is 7. The molecule has 1 aliphatic heterocycles. The van der Waals surface area contributed by atoms with Crippen LogP contribution in [0.2, 0.25) is 0 Å². The number of ether oxygens (including phenoxy) is 2. The van der Waals surface area contributed by atoms with Gasteiger partial charge in [-0.05, 0) is 65.0 Å². The summed E-state index contributed by atoms with van der Waals surface area (Å²) in [5, 5.41) is 8.61. The highest BCUT2D eigenvalue weighted by atomic mass is 16.6. The molecule has 0 saturated heterocycles. The number of aliphatic imine (C=N–C) groups is 2. The van der Waals surface area contributed by atoms with Crippen LogP contribution in [0, 0.1) is 5.41 Å². The van der Waals surface area contributed by atoms with Crippen molar-refractivity contribution in [2.75, 3.05) is 7.05 Å². The van der Waals surface area contributed by atoms with E-state index in [4.69, 9.17) is 19.9 Å². The third-order valence-corrected chi connectivity index (χ3v) is 10.2. The molecule has 5 heteroatoms. The quantitative estimate of drug-likeness (QED) is 0.102. The zero-order valence-electron chi connectivity index (χ0n) is 31.6. The molecule has 54 heavy (non-hydrogen) atoms. The molecule has 5 aromatic rings. The topological polar surface area (TPSA) is 67.0 Å². The molecule has 5 aromatic carbocycles. The molecular formula is C49H45N3O2. The van der Waals surface area contributed by atoms with Crippen LogP contribution < -0.4 is 9.47 Å². The van der Waals surface area contributed by atoms with E-state index >= 15 is 0 Å². The van der Waals surface area contributed by atoms with Crippen molar-refractivity contribution in [2.45, 2.75) is 46.0 Å². The van der Waals surface area contributed by atoms with E-state index in [1.54, 1.807) is 25.3 Å². The second kappa shape index (κ2) is 15.3. The highest BCUT2D eigenvalue weighted by Gasteiger charge is 2.39. The SMILES string of the molecule is C=C/C=C\C(=N)c1cccc(C(=NC(=NC)c2ccccc2)C2=CC=C(c3cccc4c3Oc3ccc5c(c3O4)-c3ccccc3C5(C)C)CC2)c1.CC. The fourth-order valence-electron chi connectivity index (χ4n) is 7.51. The molecule has 0 radical (unpaired) electrons. The van der Waals surface area contributed by atoms with E-state index in [0.29, 0.717) is 11.5 Å². The van der Waals surface area contributed by atoms with Crippen LogP contribution >= 0.6 is 0 Å². The lowest BCUT2D eigenvalue weighted by Crippen LogP contribution is -2.15. The Morgan fingerprint density at radius 1 is 0.722 bits per heavy atom. The van der Waals surface area contributed by atoms with E-state index in [1.165, 1.54) is 16.7 Å². The lowest BCUT2D eigenvalue weighted by molar-refractivity contribution is 0.359. The first kappa shape index (κ1) is 36.0. The van der Waals surface area contributed by atoms with Gasteiger partial charge < -0.3 is 14.9 Å². The first-order chi connectivity index (χ1) is 26.4. The number of hydrogen-bond donors (Lipinski definition) is 1. The number of nitrogens with one attached hydrogen (secondary N) is 1. The third kappa shape index (κ3) is 6.58. The Kier molecular flexibility index (Phi) is 10.2. The highest BCUT2D eigenvalue weighted by molar-refractivity contribution is 6.20. The first-order valence-corrected chi connectivity index (χ1v) is 18.6. The van der Waals surface area contributed by atoms with Crippen LogP contribution in [0.15, 0.2) is 162 Å². The van der Waals surface area contributed by atoms with E-state index in [1.807, 2.05) is 74.5 Å². The fraction of sp³-hybridized carbons (Fsp3) is 0.163. The number of para-hydroxylation sites is 1. The summed E-state index contributed by atoms with van der Waals surface area (Å²) in [4.78, 5) is 9.77. The van der Waals surface area contributed by atoms with Crippen molar-refractivity contribution < 1.29 is 9.47 Å². The molecule has 0 aromatic heterocycles. The number of amidine groups is 1. The molecule has 268 valence electrons. The van der Waals surface area contributed by atoms with Gasteiger partial charge in [0.15, 0.2) is 28.8 Å². The smallest absolute Gasteiger partial charge is 0.178 e. The fourth-order valence-corrected chi connectivity index (χ4v) is 7.51. The molecule has 0 fully saturated rings. The van der Waals surface area contributed by atoms with Crippen LogP contribution in [0.1, 0.15) is 73.9 Å². The zero-order chi connectivity index (χ0) is 37.8. The molecule has 0 saturated carbocycles. The minimum Gasteiger partial charge on any atom is -0.449 e. The summed E-state index contributed by atoms with van der Waals surface area (Å²) in [7, 11) is 1.77. The van der Waals surface area contributed by atoms with Crippen molar-refractivity contribution in [3.05, 3.63) is 185 Å². The Morgan fingerprint density at radius 3 is 2.17 bits per heavy atom. The molecule has 1 heterocycles. The van der Waals surface area contributed by atoms with Crippen LogP contribution in [-0.4, -0.2) is 24.3 Å². The van der Waals surface area contributed by atoms with E-state index in [9.17, 15) is 0 Å². The molecule has 0 spiro atoms. The standard InChI is InChI=1S/C47H39N3O2.C2H6/c1-5-6-21-39(48)33-16-12-17-34(29-33)43(50-46(49-4)32-14-8-7-9-15-32)31-25-23-30(24-26-31)35-19-13-22-40-44(35)51-41-28-27-38-42(45(41)52-40)36-18-10-11-20-37(36)47(38,2)3;1-2/h5-23,25,27-29,48H,1,24,26H2,2-4H3;1-2H3/b21-6-,48-39?,49-46?,50-43?;. The summed E-state index contributed by atoms with van der Waals surface area (Å²) in [5.74, 6) is 3.62. The molecule has 0 unspecified atom stereocenters. The summed E-state index contributed by atoms with van der Waals surface area (Å²) in [6, 6.07) is 37.0. The maximum atomic E-state index is 8.61. The molecule has 0 amide bonds. The maximum Gasteiger partial charge on any atom is 0.178 e. The number of hydrogen-bond acceptors (Lipinski definition) is 4. The van der Waals surface area contributed by atoms with Gasteiger partial charge in [0.05, 0.1) is 11.4 Å². The van der Waals surface area contributed by atoms with Crippen molar-refractivity contribution >= 4 is 22.8 Å². The summed E-state index contributed by atoms with van der Waals surface area (Å²) >= 11 is 0. The Balaban J connectivity index is 0.00000221. The summed E-state index contributed by atoms with van der Waals surface area (Å²) in [5.41, 5.74) is 11.9. The maximum absolute atomic E-state index is 8.61. The second-order valence-electron chi connectivity index (χ2n) is 13.7. The molecule has 1 N–H and O–H groups in total. The van der Waals surface area contributed by atoms with Crippen molar-refractivity contribution in [1.82, 2.24) is 0 Å². The van der Waals surface area contributed by atoms with Gasteiger partial charge >= 0.3 is 0 Å². The van der Waals surface area contributed by atoms with E-state index in [-0.39, 0.29) is 5.41 Å². The average molecular weight is 708 g/mol. The van der Waals surface area contributed by atoms with E-state index < -0.39 is 0 Å². The third-order valence-electron chi connectivity index (χ3n) is 10.2. The second-order valence-corrected chi connectivity index (χ2v) is 13.7. The number of fused-ring (bicyclic) bond motifs is 6. The minimum absolute atomic E-state index is 0.123. The van der Waals surface area contributed by atoms with Crippen LogP contribution in [0.5, 0.6) is 23.0 Å². The Bertz CT molecular complexity index is 2430. The summed E-state index contributed by atoms with van der Waals surface area (Å²) < 4.78 is 13.5. The van der Waals surface area contributed by atoms with Gasteiger partial charge in [-0.25, -0.2) is 4.99 Å². The van der Waals surface area contributed by atoms with Gasteiger partial charge in [-0.1, -0.05) is 150 Å². The van der Waals surface area contributed by atoms with Gasteiger partial charge in [0.1, 0.15) is 0 Å². The Labute approximate surface area is 319 Å². The van der Waals surface area contributed by atoms with Gasteiger partial charge in [-0.3, -0.25) is 4.99 Å². The van der Waals surface area contributed by atoms with E-state index in [2.05, 4.69) is 86.1 Å². The summed E-state index contributed by atoms with van der Waals surface area (Å²) in [6.45, 7) is 12.3. The molecule has 0 bridgehead atoms. The number of benzene rings is 5. The van der Waals surface area contributed by atoms with Gasteiger partial charge in [0, 0.05) is 40.3 Å². The predicted molar refractivity (Wildman–Crippen MR) is 225 cm³/mol. The lowest BCUT2D eigenvalue weighted by atomic mass is 9.82. The van der Waals surface area contributed by atoms with Gasteiger partial charge in [-0.15, -0.1) is 0 Å². The van der Waals surface area contributed by atoms with Crippen LogP contribution in [0.25, 0.3) is 16.7 Å². The van der Waals surface area contributed by atoms with Gasteiger partial charge in [0.25, 0.3) is 0 Å². The average Bonchev–Trinajstić information content (AvgIpc) is 3.46. The van der Waals surface area contributed by atoms with Crippen molar-refractivity contribution in [1.29, 1.82) is 5.41 Å². The predicted octanol–water partition coefficient (Wildman–Crippen LogP) is 12.7. The largest absolute Gasteiger partial charge is 0.449 e. The van der Waals surface area contributed by atoms with Crippen molar-refractivity contribution in [3.8, 4) is 34.1 Å². The molecular weight excluding hydrogens is 663 g/mol. The van der Waals surface area contributed by atoms with Crippen LogP contribution in [0.4, 0.5) is 0 Å². The molecule has 5 nitrogen and oxygen atoms in total. The molecule has 8 rings (SSSR count). The van der Waals surface area contributed by atoms with Gasteiger partial charge in [-0.2, -0.15) is 0 Å². The molecule has 3 aliphatic rings. The van der Waals surface area contributed by atoms with Crippen molar-refractivity contribution in [2.24, 2.45) is 9.98 Å².